The van der Waals surface area contributed by atoms with Crippen LogP contribution in [0.2, 0.25) is 0 Å². The van der Waals surface area contributed by atoms with Gasteiger partial charge >= 0.3 is 6.09 Å². The fraction of sp³-hybridized carbons (Fsp3) is 0.769. The third kappa shape index (κ3) is 5.99. The Kier molecular flexibility index (Phi) is 6.62. The van der Waals surface area contributed by atoms with Gasteiger partial charge in [0, 0.05) is 13.5 Å². The lowest BCUT2D eigenvalue weighted by Gasteiger charge is -2.36. The summed E-state index contributed by atoms with van der Waals surface area (Å²) in [5.41, 5.74) is -1.71. The summed E-state index contributed by atoms with van der Waals surface area (Å²) in [7, 11) is 0. The Balaban J connectivity index is 0.00000400. The zero-order valence-electron chi connectivity index (χ0n) is 13.0. The molecule has 1 rings (SSSR count). The topological polar surface area (TPSA) is 128 Å². The van der Waals surface area contributed by atoms with Gasteiger partial charge in [-0.15, -0.1) is 0 Å². The van der Waals surface area contributed by atoms with Crippen molar-refractivity contribution in [3.8, 4) is 0 Å². The number of carbonyl (C=O) groups excluding carboxylic acids is 3. The molecule has 0 unspecified atom stereocenters. The predicted octanol–water partition coefficient (Wildman–Crippen LogP) is -0.529. The van der Waals surface area contributed by atoms with Gasteiger partial charge in [0.05, 0.1) is 6.54 Å². The summed E-state index contributed by atoms with van der Waals surface area (Å²) in [5.74, 6) is -0.594. The Hall–Kier alpha value is -1.83. The molecule has 0 aromatic rings. The van der Waals surface area contributed by atoms with Crippen molar-refractivity contribution in [1.82, 2.24) is 16.0 Å². The van der Waals surface area contributed by atoms with E-state index in [4.69, 9.17) is 4.74 Å². The zero-order valence-corrected chi connectivity index (χ0v) is 13.0. The maximum absolute atomic E-state index is 12.0. The molecule has 3 amide bonds. The fourth-order valence-corrected chi connectivity index (χ4v) is 2.08. The average molecular weight is 303 g/mol. The number of ether oxygens (including phenoxy) is 1. The van der Waals surface area contributed by atoms with Crippen molar-refractivity contribution in [1.29, 1.82) is 0 Å². The molecule has 8 heteroatoms. The first-order valence-corrected chi connectivity index (χ1v) is 6.68. The van der Waals surface area contributed by atoms with E-state index < -0.39 is 17.2 Å². The van der Waals surface area contributed by atoms with Crippen LogP contribution in [0.1, 0.15) is 40.5 Å². The van der Waals surface area contributed by atoms with Gasteiger partial charge in [-0.3, -0.25) is 9.59 Å². The largest absolute Gasteiger partial charge is 0.444 e. The number of alkyl carbamates (subject to hydrolysis) is 1. The van der Waals surface area contributed by atoms with Gasteiger partial charge in [0.25, 0.3) is 0 Å². The van der Waals surface area contributed by atoms with Crippen molar-refractivity contribution < 1.29 is 24.6 Å². The van der Waals surface area contributed by atoms with E-state index in [2.05, 4.69) is 16.0 Å². The molecule has 1 aliphatic rings. The Bertz CT molecular complexity index is 405. The maximum atomic E-state index is 12.0. The van der Waals surface area contributed by atoms with Gasteiger partial charge in [0.15, 0.2) is 0 Å². The lowest BCUT2D eigenvalue weighted by molar-refractivity contribution is -0.134. The first kappa shape index (κ1) is 19.2. The molecule has 1 aliphatic heterocycles. The van der Waals surface area contributed by atoms with E-state index in [0.29, 0.717) is 13.0 Å². The summed E-state index contributed by atoms with van der Waals surface area (Å²) in [6.07, 6.45) is 0.608. The van der Waals surface area contributed by atoms with Crippen LogP contribution in [0.25, 0.3) is 0 Å². The quantitative estimate of drug-likeness (QED) is 0.647. The molecule has 1 fully saturated rings. The van der Waals surface area contributed by atoms with Gasteiger partial charge in [0.2, 0.25) is 11.8 Å². The predicted molar refractivity (Wildman–Crippen MR) is 76.6 cm³/mol. The van der Waals surface area contributed by atoms with Crippen LogP contribution < -0.4 is 16.0 Å². The highest BCUT2D eigenvalue weighted by Gasteiger charge is 2.41. The van der Waals surface area contributed by atoms with Crippen molar-refractivity contribution in [2.24, 2.45) is 0 Å². The molecule has 5 N–H and O–H groups in total. The van der Waals surface area contributed by atoms with Gasteiger partial charge < -0.3 is 26.2 Å². The first-order valence-electron chi connectivity index (χ1n) is 6.68. The smallest absolute Gasteiger partial charge is 0.407 e. The van der Waals surface area contributed by atoms with Crippen molar-refractivity contribution >= 4 is 17.9 Å². The summed E-state index contributed by atoms with van der Waals surface area (Å²) in [5, 5.41) is 7.90. The van der Waals surface area contributed by atoms with Crippen LogP contribution in [0.15, 0.2) is 0 Å². The molecule has 0 saturated carbocycles. The highest BCUT2D eigenvalue weighted by atomic mass is 16.6. The number of carbonyl (C=O) groups is 3. The molecular weight excluding hydrogens is 278 g/mol. The number of rotatable bonds is 3. The molecule has 0 aromatic carbocycles. The normalized spacial score (nSPS) is 21.6. The van der Waals surface area contributed by atoms with Crippen molar-refractivity contribution in [2.45, 2.75) is 51.7 Å². The maximum Gasteiger partial charge on any atom is 0.407 e. The monoisotopic (exact) mass is 303 g/mol. The number of piperidine rings is 1. The van der Waals surface area contributed by atoms with Crippen LogP contribution in [0.3, 0.4) is 0 Å². The zero-order chi connectivity index (χ0) is 15.4. The lowest BCUT2D eigenvalue weighted by Crippen LogP contribution is -2.66. The van der Waals surface area contributed by atoms with Gasteiger partial charge in [-0.05, 0) is 33.6 Å². The van der Waals surface area contributed by atoms with E-state index in [9.17, 15) is 14.4 Å². The molecule has 1 heterocycles. The third-order valence-corrected chi connectivity index (χ3v) is 2.85. The van der Waals surface area contributed by atoms with E-state index in [1.54, 1.807) is 20.8 Å². The Morgan fingerprint density at radius 2 is 2.00 bits per heavy atom. The van der Waals surface area contributed by atoms with Gasteiger partial charge in [-0.25, -0.2) is 4.79 Å². The minimum atomic E-state index is -1.10. The van der Waals surface area contributed by atoms with E-state index in [-0.39, 0.29) is 23.8 Å². The minimum Gasteiger partial charge on any atom is -0.444 e. The van der Waals surface area contributed by atoms with Crippen LogP contribution in [-0.2, 0) is 14.3 Å². The highest BCUT2D eigenvalue weighted by Crippen LogP contribution is 2.17. The van der Waals surface area contributed by atoms with E-state index >= 15 is 0 Å². The van der Waals surface area contributed by atoms with Crippen molar-refractivity contribution in [3.05, 3.63) is 0 Å². The molecule has 0 bridgehead atoms. The molecule has 0 aliphatic carbocycles. The van der Waals surface area contributed by atoms with Crippen LogP contribution in [-0.4, -0.2) is 47.6 Å². The minimum absolute atomic E-state index is 0. The van der Waals surface area contributed by atoms with Gasteiger partial charge in [0.1, 0.15) is 11.1 Å². The summed E-state index contributed by atoms with van der Waals surface area (Å²) >= 11 is 0. The number of hydrogen-bond acceptors (Lipinski definition) is 4. The molecule has 122 valence electrons. The van der Waals surface area contributed by atoms with E-state index in [1.165, 1.54) is 6.92 Å². The third-order valence-electron chi connectivity index (χ3n) is 2.85. The molecule has 1 atom stereocenters. The van der Waals surface area contributed by atoms with Crippen molar-refractivity contribution in [3.63, 3.8) is 0 Å². The van der Waals surface area contributed by atoms with Crippen molar-refractivity contribution in [2.75, 3.05) is 13.1 Å². The molecule has 0 radical (unpaired) electrons. The van der Waals surface area contributed by atoms with Gasteiger partial charge in [-0.1, -0.05) is 0 Å². The first-order chi connectivity index (χ1) is 9.15. The highest BCUT2D eigenvalue weighted by molar-refractivity contribution is 5.92. The molecule has 1 saturated heterocycles. The molecule has 0 aromatic heterocycles. The van der Waals surface area contributed by atoms with Crippen LogP contribution >= 0.6 is 0 Å². The summed E-state index contributed by atoms with van der Waals surface area (Å²) in [6.45, 7) is 7.19. The Morgan fingerprint density at radius 1 is 1.38 bits per heavy atom. The second-order valence-corrected chi connectivity index (χ2v) is 5.98. The Labute approximate surface area is 124 Å². The van der Waals surface area contributed by atoms with E-state index in [0.717, 1.165) is 6.42 Å². The average Bonchev–Trinajstić information content (AvgIpc) is 2.27. The molecular formula is C13H25N3O5. The fourth-order valence-electron chi connectivity index (χ4n) is 2.08. The van der Waals surface area contributed by atoms with Gasteiger partial charge in [-0.2, -0.15) is 0 Å². The second kappa shape index (κ2) is 7.26. The Morgan fingerprint density at radius 3 is 2.48 bits per heavy atom. The van der Waals surface area contributed by atoms with Crippen LogP contribution in [0.4, 0.5) is 4.79 Å². The summed E-state index contributed by atoms with van der Waals surface area (Å²) in [6, 6.07) is 0. The second-order valence-electron chi connectivity index (χ2n) is 5.98. The lowest BCUT2D eigenvalue weighted by atomic mass is 9.89. The number of hydrogen-bond donors (Lipinski definition) is 3. The molecule has 0 spiro atoms. The summed E-state index contributed by atoms with van der Waals surface area (Å²) in [4.78, 5) is 35.0. The summed E-state index contributed by atoms with van der Waals surface area (Å²) < 4.78 is 5.12. The van der Waals surface area contributed by atoms with E-state index in [1.807, 2.05) is 0 Å². The van der Waals surface area contributed by atoms with Crippen LogP contribution in [0, 0.1) is 0 Å². The SMILES string of the molecule is CC(=O)N[C@]1(CNC(=O)OC(C)(C)C)CCCNC1=O.O. The van der Waals surface area contributed by atoms with Crippen LogP contribution in [0.5, 0.6) is 0 Å². The number of amides is 3. The standard InChI is InChI=1S/C13H23N3O4.H2O/c1-9(17)16-13(6-5-7-14-10(13)18)8-15-11(19)20-12(2,3)4;/h5-8H2,1-4H3,(H,14,18)(H,15,19)(H,16,17);1H2/t13-;/m0./s1. The molecule has 8 nitrogen and oxygen atoms in total. The molecule has 21 heavy (non-hydrogen) atoms. The number of nitrogens with one attached hydrogen (secondary N) is 3.